The summed E-state index contributed by atoms with van der Waals surface area (Å²) in [6.45, 7) is 1.06. The van der Waals surface area contributed by atoms with E-state index in [0.29, 0.717) is 29.5 Å². The van der Waals surface area contributed by atoms with E-state index < -0.39 is 16.9 Å². The van der Waals surface area contributed by atoms with E-state index in [9.17, 15) is 9.59 Å². The molecule has 1 heterocycles. The van der Waals surface area contributed by atoms with Crippen LogP contribution in [0.25, 0.3) is 0 Å². The maximum Gasteiger partial charge on any atom is 0.296 e. The minimum atomic E-state index is -0.604. The van der Waals surface area contributed by atoms with Gasteiger partial charge in [0.15, 0.2) is 0 Å². The van der Waals surface area contributed by atoms with Crippen molar-refractivity contribution in [3.63, 3.8) is 0 Å². The number of hydrogen-bond donors (Lipinski definition) is 0. The first kappa shape index (κ1) is 19.7. The van der Waals surface area contributed by atoms with Crippen molar-refractivity contribution < 1.29 is 14.3 Å². The zero-order chi connectivity index (χ0) is 19.6. The third-order valence-electron chi connectivity index (χ3n) is 4.34. The summed E-state index contributed by atoms with van der Waals surface area (Å²) in [5.41, 5.74) is 1.46. The molecule has 1 amide bonds. The second-order valence-corrected chi connectivity index (χ2v) is 8.09. The highest BCUT2D eigenvalue weighted by Crippen LogP contribution is 2.45. The lowest BCUT2D eigenvalue weighted by atomic mass is 10.1. The maximum atomic E-state index is 13.0. The van der Waals surface area contributed by atoms with Gasteiger partial charge in [-0.1, -0.05) is 23.7 Å². The Bertz CT molecular complexity index is 855. The first-order chi connectivity index (χ1) is 12.9. The number of hydrogen-bond acceptors (Lipinski definition) is 5. The second-order valence-electron chi connectivity index (χ2n) is 6.51. The molecule has 1 aliphatic rings. The van der Waals surface area contributed by atoms with Crippen LogP contribution in [0.4, 0.5) is 5.69 Å². The first-order valence-electron chi connectivity index (χ1n) is 8.51. The van der Waals surface area contributed by atoms with Crippen molar-refractivity contribution >= 4 is 40.7 Å². The zero-order valence-electron chi connectivity index (χ0n) is 15.4. The van der Waals surface area contributed by atoms with Crippen LogP contribution in [0.5, 0.6) is 5.75 Å². The molecule has 27 heavy (non-hydrogen) atoms. The van der Waals surface area contributed by atoms with Crippen LogP contribution >= 0.6 is 23.4 Å². The number of anilines is 1. The number of benzene rings is 2. The molecule has 0 N–H and O–H groups in total. The van der Waals surface area contributed by atoms with Crippen LogP contribution < -0.4 is 9.64 Å². The Morgan fingerprint density at radius 3 is 2.48 bits per heavy atom. The molecular weight excluding hydrogens is 384 g/mol. The van der Waals surface area contributed by atoms with Gasteiger partial charge in [0.05, 0.1) is 12.8 Å². The highest BCUT2D eigenvalue weighted by molar-refractivity contribution is 8.00. The number of ether oxygens (including phenoxy) is 1. The fourth-order valence-corrected chi connectivity index (χ4v) is 4.21. The molecule has 1 aliphatic heterocycles. The minimum absolute atomic E-state index is 0.417. The van der Waals surface area contributed by atoms with Crippen LogP contribution in [0.2, 0.25) is 5.02 Å². The van der Waals surface area contributed by atoms with Gasteiger partial charge >= 0.3 is 0 Å². The monoisotopic (exact) mass is 404 g/mol. The Labute approximate surface area is 168 Å². The summed E-state index contributed by atoms with van der Waals surface area (Å²) in [7, 11) is 5.45. The quantitative estimate of drug-likeness (QED) is 0.712. The molecule has 0 spiro atoms. The lowest BCUT2D eigenvalue weighted by molar-refractivity contribution is -0.136. The summed E-state index contributed by atoms with van der Waals surface area (Å²) in [6, 6.07) is 12.6. The van der Waals surface area contributed by atoms with E-state index >= 15 is 0 Å². The molecule has 0 radical (unpaired) electrons. The molecule has 0 aliphatic carbocycles. The van der Waals surface area contributed by atoms with E-state index in [-0.39, 0.29) is 0 Å². The fourth-order valence-electron chi connectivity index (χ4n) is 2.86. The van der Waals surface area contributed by atoms with E-state index in [0.717, 1.165) is 10.5 Å². The molecule has 0 fully saturated rings. The topological polar surface area (TPSA) is 49.9 Å². The molecule has 2 aromatic rings. The highest BCUT2D eigenvalue weighted by Gasteiger charge is 2.37. The summed E-state index contributed by atoms with van der Waals surface area (Å²) in [5.74, 6) is -0.238. The second kappa shape index (κ2) is 8.33. The third-order valence-corrected chi connectivity index (χ3v) is 5.90. The van der Waals surface area contributed by atoms with Gasteiger partial charge in [0, 0.05) is 23.0 Å². The summed E-state index contributed by atoms with van der Waals surface area (Å²) in [4.78, 5) is 30.4. The number of nitrogens with zero attached hydrogens (tertiary/aromatic N) is 2. The maximum absolute atomic E-state index is 13.0. The van der Waals surface area contributed by atoms with Crippen molar-refractivity contribution in [2.45, 2.75) is 10.1 Å². The highest BCUT2D eigenvalue weighted by atomic mass is 35.5. The number of Topliss-reactive ketones (excluding diaryl/α,β-unsaturated/α-hetero) is 1. The van der Waals surface area contributed by atoms with Gasteiger partial charge in [-0.25, -0.2) is 0 Å². The molecule has 0 bridgehead atoms. The number of amides is 1. The van der Waals surface area contributed by atoms with Gasteiger partial charge < -0.3 is 14.5 Å². The summed E-state index contributed by atoms with van der Waals surface area (Å²) >= 11 is 7.55. The van der Waals surface area contributed by atoms with E-state index in [1.165, 1.54) is 11.8 Å². The van der Waals surface area contributed by atoms with Crippen molar-refractivity contribution in [3.8, 4) is 5.75 Å². The number of likely N-dealkylation sites (N-methyl/N-ethyl adjacent to an activating group) is 1. The van der Waals surface area contributed by atoms with Gasteiger partial charge in [-0.15, -0.1) is 11.8 Å². The lowest BCUT2D eigenvalue weighted by Gasteiger charge is -2.23. The van der Waals surface area contributed by atoms with Gasteiger partial charge in [-0.05, 0) is 50.0 Å². The number of fused-ring (bicyclic) bond motifs is 1. The van der Waals surface area contributed by atoms with Crippen molar-refractivity contribution in [1.29, 1.82) is 0 Å². The van der Waals surface area contributed by atoms with E-state index in [1.54, 1.807) is 36.3 Å². The van der Waals surface area contributed by atoms with E-state index in [2.05, 4.69) is 0 Å². The van der Waals surface area contributed by atoms with Crippen LogP contribution in [-0.2, 0) is 9.59 Å². The summed E-state index contributed by atoms with van der Waals surface area (Å²) in [6.07, 6.45) is 0. The molecule has 2 aromatic carbocycles. The van der Waals surface area contributed by atoms with Gasteiger partial charge in [-0.3, -0.25) is 9.59 Å². The summed E-state index contributed by atoms with van der Waals surface area (Å²) in [5, 5.41) is -0.0694. The standard InChI is InChI=1S/C20H21ClN2O3S/c1-22(2)10-11-23-16-12-14(21)6-9-17(16)27-19(18(24)20(23)25)13-4-7-15(26-3)8-5-13/h4-9,12,19H,10-11H2,1-3H3. The average molecular weight is 405 g/mol. The predicted molar refractivity (Wildman–Crippen MR) is 109 cm³/mol. The van der Waals surface area contributed by atoms with Crippen molar-refractivity contribution in [2.75, 3.05) is 39.2 Å². The van der Waals surface area contributed by atoms with Crippen molar-refractivity contribution in [1.82, 2.24) is 4.90 Å². The molecule has 1 unspecified atom stereocenters. The molecule has 7 heteroatoms. The Kier molecular flexibility index (Phi) is 6.09. The van der Waals surface area contributed by atoms with Gasteiger partial charge in [0.1, 0.15) is 11.0 Å². The van der Waals surface area contributed by atoms with Crippen molar-refractivity contribution in [3.05, 3.63) is 53.1 Å². The third kappa shape index (κ3) is 4.29. The Balaban J connectivity index is 2.02. The number of rotatable bonds is 5. The van der Waals surface area contributed by atoms with Gasteiger partial charge in [-0.2, -0.15) is 0 Å². The number of methoxy groups -OCH3 is 1. The lowest BCUT2D eigenvalue weighted by Crippen LogP contribution is -2.41. The van der Waals surface area contributed by atoms with E-state index in [1.807, 2.05) is 37.2 Å². The Hall–Kier alpha value is -2.02. The smallest absolute Gasteiger partial charge is 0.296 e. The average Bonchev–Trinajstić information content (AvgIpc) is 2.75. The van der Waals surface area contributed by atoms with E-state index in [4.69, 9.17) is 16.3 Å². The minimum Gasteiger partial charge on any atom is -0.497 e. The number of carbonyl (C=O) groups excluding carboxylic acids is 2. The fraction of sp³-hybridized carbons (Fsp3) is 0.300. The Morgan fingerprint density at radius 1 is 1.15 bits per heavy atom. The van der Waals surface area contributed by atoms with Crippen LogP contribution in [-0.4, -0.2) is 50.9 Å². The normalized spacial score (nSPS) is 17.1. The molecule has 3 rings (SSSR count). The SMILES string of the molecule is COc1ccc(C2Sc3ccc(Cl)cc3N(CCN(C)C)C(=O)C2=O)cc1. The molecule has 0 saturated carbocycles. The van der Waals surface area contributed by atoms with Crippen molar-refractivity contribution in [2.24, 2.45) is 0 Å². The number of carbonyl (C=O) groups is 2. The van der Waals surface area contributed by atoms with Gasteiger partial charge in [0.2, 0.25) is 5.78 Å². The molecule has 5 nitrogen and oxygen atoms in total. The first-order valence-corrected chi connectivity index (χ1v) is 9.77. The van der Waals surface area contributed by atoms with Crippen LogP contribution in [0.3, 0.4) is 0 Å². The number of ketones is 1. The molecule has 0 saturated heterocycles. The summed E-state index contributed by atoms with van der Waals surface area (Å²) < 4.78 is 5.18. The Morgan fingerprint density at radius 2 is 1.85 bits per heavy atom. The van der Waals surface area contributed by atoms with Crippen LogP contribution in [0.15, 0.2) is 47.4 Å². The van der Waals surface area contributed by atoms with Crippen LogP contribution in [0, 0.1) is 0 Å². The van der Waals surface area contributed by atoms with Crippen LogP contribution in [0.1, 0.15) is 10.8 Å². The number of thioether (sulfide) groups is 1. The largest absolute Gasteiger partial charge is 0.497 e. The molecule has 0 aromatic heterocycles. The van der Waals surface area contributed by atoms with Gasteiger partial charge in [0.25, 0.3) is 5.91 Å². The molecular formula is C20H21ClN2O3S. The zero-order valence-corrected chi connectivity index (χ0v) is 17.0. The molecule has 142 valence electrons. The predicted octanol–water partition coefficient (Wildman–Crippen LogP) is 3.66. The molecule has 1 atom stereocenters. The number of halogens is 1.